The molecule has 2 N–H and O–H groups in total. The molecule has 0 amide bonds. The van der Waals surface area contributed by atoms with E-state index in [2.05, 4.69) is 118 Å². The maximum Gasteiger partial charge on any atom is 0.132 e. The Hall–Kier alpha value is -4.18. The second kappa shape index (κ2) is 7.72. The number of ether oxygens (including phenoxy) is 2. The van der Waals surface area contributed by atoms with Crippen LogP contribution in [0.25, 0.3) is 49.7 Å². The molecular formula is C36H34N2O2. The van der Waals surface area contributed by atoms with Crippen molar-refractivity contribution >= 4 is 49.7 Å². The second-order valence-electron chi connectivity index (χ2n) is 12.9. The van der Waals surface area contributed by atoms with Crippen molar-refractivity contribution in [2.24, 2.45) is 0 Å². The highest BCUT2D eigenvalue weighted by Crippen LogP contribution is 2.51. The van der Waals surface area contributed by atoms with E-state index in [9.17, 15) is 0 Å². The fraction of sp³-hybridized carbons (Fsp3) is 0.278. The van der Waals surface area contributed by atoms with Crippen molar-refractivity contribution < 1.29 is 9.47 Å². The van der Waals surface area contributed by atoms with Crippen molar-refractivity contribution in [3.05, 3.63) is 88.5 Å². The quantitative estimate of drug-likeness (QED) is 0.224. The van der Waals surface area contributed by atoms with Crippen molar-refractivity contribution in [2.75, 3.05) is 0 Å². The molecule has 200 valence electrons. The number of benzene rings is 4. The number of aromatic amines is 2. The Morgan fingerprint density at radius 3 is 2.27 bits per heavy atom. The Labute approximate surface area is 234 Å². The standard InChI is InChI=1S/C36H34N2O2/c1-19-16-26-22-11-9-12-23(30(22)38-31(26)24-14-15-35(3,4)39-33(19)24)27-18-36(5,6)40-34-20(2)17-25-21-10-7-8-13-28(21)37-32(25)29(27)34/h7-17,27,37-38H,18H2,1-6H3. The Balaban J connectivity index is 1.44. The summed E-state index contributed by atoms with van der Waals surface area (Å²) in [6, 6.07) is 19.9. The van der Waals surface area contributed by atoms with Crippen LogP contribution in [0.15, 0.2) is 60.7 Å². The number of nitrogens with one attached hydrogen (secondary N) is 2. The molecule has 1 unspecified atom stereocenters. The first-order chi connectivity index (χ1) is 19.1. The first-order valence-electron chi connectivity index (χ1n) is 14.3. The zero-order valence-corrected chi connectivity index (χ0v) is 24.0. The van der Waals surface area contributed by atoms with Gasteiger partial charge in [-0.05, 0) is 95.0 Å². The Morgan fingerprint density at radius 2 is 1.45 bits per heavy atom. The predicted molar refractivity (Wildman–Crippen MR) is 166 cm³/mol. The van der Waals surface area contributed by atoms with Gasteiger partial charge in [0.1, 0.15) is 22.7 Å². The summed E-state index contributed by atoms with van der Waals surface area (Å²) in [7, 11) is 0. The lowest BCUT2D eigenvalue weighted by molar-refractivity contribution is 0.0773. The number of H-pyrrole nitrogens is 2. The normalized spacial score (nSPS) is 19.1. The molecule has 4 heteroatoms. The number of fused-ring (bicyclic) bond motifs is 10. The molecule has 0 bridgehead atoms. The Kier molecular flexibility index (Phi) is 4.57. The third-order valence-corrected chi connectivity index (χ3v) is 8.93. The zero-order valence-electron chi connectivity index (χ0n) is 24.0. The molecule has 2 aromatic heterocycles. The molecule has 6 aromatic rings. The highest BCUT2D eigenvalue weighted by atomic mass is 16.5. The highest BCUT2D eigenvalue weighted by Gasteiger charge is 2.38. The van der Waals surface area contributed by atoms with Crippen LogP contribution in [0.1, 0.15) is 67.9 Å². The van der Waals surface area contributed by atoms with Gasteiger partial charge < -0.3 is 19.4 Å². The van der Waals surface area contributed by atoms with Crippen LogP contribution in [0.4, 0.5) is 0 Å². The minimum atomic E-state index is -0.317. The molecule has 0 saturated heterocycles. The fourth-order valence-electron chi connectivity index (χ4n) is 7.18. The van der Waals surface area contributed by atoms with Crippen LogP contribution >= 0.6 is 0 Å². The average Bonchev–Trinajstić information content (AvgIpc) is 3.46. The van der Waals surface area contributed by atoms with Crippen LogP contribution in [0.5, 0.6) is 11.5 Å². The monoisotopic (exact) mass is 526 g/mol. The number of hydrogen-bond acceptors (Lipinski definition) is 2. The summed E-state index contributed by atoms with van der Waals surface area (Å²) in [6.07, 6.45) is 5.28. The lowest BCUT2D eigenvalue weighted by Gasteiger charge is -2.39. The summed E-state index contributed by atoms with van der Waals surface area (Å²) in [4.78, 5) is 7.67. The molecule has 0 fully saturated rings. The van der Waals surface area contributed by atoms with E-state index in [1.807, 2.05) is 0 Å². The van der Waals surface area contributed by atoms with E-state index >= 15 is 0 Å². The molecule has 0 spiro atoms. The smallest absolute Gasteiger partial charge is 0.132 e. The summed E-state index contributed by atoms with van der Waals surface area (Å²) >= 11 is 0. The minimum absolute atomic E-state index is 0.161. The minimum Gasteiger partial charge on any atom is -0.487 e. The molecule has 0 radical (unpaired) electrons. The molecule has 4 nitrogen and oxygen atoms in total. The van der Waals surface area contributed by atoms with E-state index in [1.165, 1.54) is 54.8 Å². The summed E-state index contributed by atoms with van der Waals surface area (Å²) in [5.41, 5.74) is 10.1. The molecule has 8 rings (SSSR count). The molecular weight excluding hydrogens is 492 g/mol. The summed E-state index contributed by atoms with van der Waals surface area (Å²) < 4.78 is 13.2. The SMILES string of the molecule is Cc1cc2c([nH]c3ccccc32)c2c1OC(C)(C)CC2c1cccc2c1[nH]c1c3c(c(C)cc12)OC(C)(C)C=C3. The fourth-order valence-corrected chi connectivity index (χ4v) is 7.18. The van der Waals surface area contributed by atoms with Gasteiger partial charge in [0, 0.05) is 44.1 Å². The summed E-state index contributed by atoms with van der Waals surface area (Å²) in [5.74, 6) is 2.15. The Morgan fingerprint density at radius 1 is 0.725 bits per heavy atom. The first kappa shape index (κ1) is 23.7. The van der Waals surface area contributed by atoms with Gasteiger partial charge >= 0.3 is 0 Å². The van der Waals surface area contributed by atoms with Crippen LogP contribution in [0.3, 0.4) is 0 Å². The number of aryl methyl sites for hydroxylation is 2. The van der Waals surface area contributed by atoms with Crippen LogP contribution < -0.4 is 9.47 Å². The molecule has 1 atom stereocenters. The van der Waals surface area contributed by atoms with Crippen molar-refractivity contribution in [1.82, 2.24) is 9.97 Å². The number of hydrogen-bond donors (Lipinski definition) is 2. The molecule has 2 aliphatic rings. The van der Waals surface area contributed by atoms with E-state index in [0.717, 1.165) is 34.5 Å². The van der Waals surface area contributed by atoms with Crippen LogP contribution in [0.2, 0.25) is 0 Å². The van der Waals surface area contributed by atoms with Gasteiger partial charge in [-0.1, -0.05) is 36.4 Å². The highest BCUT2D eigenvalue weighted by molar-refractivity contribution is 6.13. The molecule has 4 heterocycles. The van der Waals surface area contributed by atoms with Gasteiger partial charge in [-0.3, -0.25) is 0 Å². The molecule has 4 aromatic carbocycles. The van der Waals surface area contributed by atoms with Crippen molar-refractivity contribution in [3.63, 3.8) is 0 Å². The molecule has 0 aliphatic carbocycles. The van der Waals surface area contributed by atoms with E-state index in [-0.39, 0.29) is 17.1 Å². The van der Waals surface area contributed by atoms with Gasteiger partial charge in [-0.2, -0.15) is 0 Å². The van der Waals surface area contributed by atoms with Gasteiger partial charge in [-0.15, -0.1) is 0 Å². The van der Waals surface area contributed by atoms with E-state index < -0.39 is 0 Å². The van der Waals surface area contributed by atoms with E-state index in [0.29, 0.717) is 0 Å². The average molecular weight is 527 g/mol. The lowest BCUT2D eigenvalue weighted by Crippen LogP contribution is -2.35. The Bertz CT molecular complexity index is 2070. The zero-order chi connectivity index (χ0) is 27.6. The van der Waals surface area contributed by atoms with Crippen molar-refractivity contribution in [2.45, 2.75) is 65.1 Å². The van der Waals surface area contributed by atoms with Gasteiger partial charge in [0.05, 0.1) is 16.6 Å². The number of rotatable bonds is 1. The van der Waals surface area contributed by atoms with Crippen LogP contribution in [0, 0.1) is 13.8 Å². The van der Waals surface area contributed by atoms with Crippen molar-refractivity contribution in [1.29, 1.82) is 0 Å². The van der Waals surface area contributed by atoms with Crippen LogP contribution in [-0.2, 0) is 0 Å². The molecule has 40 heavy (non-hydrogen) atoms. The van der Waals surface area contributed by atoms with Crippen LogP contribution in [-0.4, -0.2) is 21.2 Å². The third kappa shape index (κ3) is 3.25. The topological polar surface area (TPSA) is 50.0 Å². The maximum atomic E-state index is 6.73. The third-order valence-electron chi connectivity index (χ3n) is 8.93. The van der Waals surface area contributed by atoms with E-state index in [1.54, 1.807) is 0 Å². The summed E-state index contributed by atoms with van der Waals surface area (Å²) in [5, 5.41) is 5.02. The number of aromatic nitrogens is 2. The van der Waals surface area contributed by atoms with Gasteiger partial charge in [0.15, 0.2) is 0 Å². The maximum absolute atomic E-state index is 6.73. The van der Waals surface area contributed by atoms with Gasteiger partial charge in [-0.25, -0.2) is 0 Å². The van der Waals surface area contributed by atoms with Gasteiger partial charge in [0.2, 0.25) is 0 Å². The molecule has 0 saturated carbocycles. The first-order valence-corrected chi connectivity index (χ1v) is 14.3. The van der Waals surface area contributed by atoms with Gasteiger partial charge in [0.25, 0.3) is 0 Å². The predicted octanol–water partition coefficient (Wildman–Crippen LogP) is 9.45. The number of para-hydroxylation sites is 2. The lowest BCUT2D eigenvalue weighted by atomic mass is 9.78. The molecule has 2 aliphatic heterocycles. The van der Waals surface area contributed by atoms with E-state index in [4.69, 9.17) is 9.47 Å². The largest absolute Gasteiger partial charge is 0.487 e. The summed E-state index contributed by atoms with van der Waals surface area (Å²) in [6.45, 7) is 13.0. The second-order valence-corrected chi connectivity index (χ2v) is 12.9. The van der Waals surface area contributed by atoms with Crippen molar-refractivity contribution in [3.8, 4) is 11.5 Å².